The number of amides is 2. The Hall–Kier alpha value is -3.54. The molecule has 3 rings (SSSR count). The lowest BCUT2D eigenvalue weighted by atomic mass is 10.1. The van der Waals surface area contributed by atoms with E-state index in [4.69, 9.17) is 4.42 Å². The molecule has 1 aromatic heterocycles. The van der Waals surface area contributed by atoms with Crippen LogP contribution >= 0.6 is 0 Å². The van der Waals surface area contributed by atoms with Crippen LogP contribution in [0.15, 0.2) is 65.3 Å². The van der Waals surface area contributed by atoms with Gasteiger partial charge in [0.1, 0.15) is 0 Å². The first kappa shape index (κ1) is 18.3. The van der Waals surface area contributed by atoms with Crippen molar-refractivity contribution in [1.82, 2.24) is 0 Å². The number of benzene rings is 2. The number of anilines is 3. The van der Waals surface area contributed by atoms with E-state index in [1.165, 1.54) is 6.26 Å². The highest BCUT2D eigenvalue weighted by Gasteiger charge is 2.09. The predicted octanol–water partition coefficient (Wildman–Crippen LogP) is 4.20. The summed E-state index contributed by atoms with van der Waals surface area (Å²) in [6, 6.07) is 16.2. The van der Waals surface area contributed by atoms with E-state index in [1.54, 1.807) is 36.4 Å². The van der Waals surface area contributed by atoms with Crippen LogP contribution in [-0.4, -0.2) is 18.4 Å². The zero-order chi connectivity index (χ0) is 19.2. The smallest absolute Gasteiger partial charge is 0.291 e. The van der Waals surface area contributed by atoms with E-state index < -0.39 is 0 Å². The standard InChI is InChI=1S/C21H21N3O3/c1-14-9-15(2)11-18(10-14)22-13-20(25)23-16-5-3-6-17(12-16)24-21(26)19-7-4-8-27-19/h3-12,22H,13H2,1-2H3,(H,23,25)(H,24,26). The molecular weight excluding hydrogens is 342 g/mol. The maximum Gasteiger partial charge on any atom is 0.291 e. The molecule has 6 nitrogen and oxygen atoms in total. The average Bonchev–Trinajstić information content (AvgIpc) is 3.14. The van der Waals surface area contributed by atoms with E-state index in [1.807, 2.05) is 26.0 Å². The third-order valence-electron chi connectivity index (χ3n) is 3.82. The zero-order valence-electron chi connectivity index (χ0n) is 15.2. The van der Waals surface area contributed by atoms with Gasteiger partial charge >= 0.3 is 0 Å². The summed E-state index contributed by atoms with van der Waals surface area (Å²) in [7, 11) is 0. The fourth-order valence-electron chi connectivity index (χ4n) is 2.74. The van der Waals surface area contributed by atoms with Crippen LogP contribution in [0.4, 0.5) is 17.1 Å². The molecule has 0 saturated carbocycles. The third kappa shape index (κ3) is 5.22. The molecule has 2 amide bonds. The monoisotopic (exact) mass is 363 g/mol. The Morgan fingerprint density at radius 3 is 2.22 bits per heavy atom. The Morgan fingerprint density at radius 2 is 1.56 bits per heavy atom. The van der Waals surface area contributed by atoms with Crippen LogP contribution in [0, 0.1) is 13.8 Å². The highest BCUT2D eigenvalue weighted by atomic mass is 16.3. The topological polar surface area (TPSA) is 83.4 Å². The van der Waals surface area contributed by atoms with Crippen molar-refractivity contribution < 1.29 is 14.0 Å². The molecule has 0 aliphatic rings. The van der Waals surface area contributed by atoms with Crippen molar-refractivity contribution in [3.8, 4) is 0 Å². The number of furan rings is 1. The van der Waals surface area contributed by atoms with Gasteiger partial charge in [0.25, 0.3) is 5.91 Å². The summed E-state index contributed by atoms with van der Waals surface area (Å²) in [4.78, 5) is 24.2. The van der Waals surface area contributed by atoms with Crippen LogP contribution in [0.3, 0.4) is 0 Å². The number of aryl methyl sites for hydroxylation is 2. The van der Waals surface area contributed by atoms with Crippen molar-refractivity contribution in [2.45, 2.75) is 13.8 Å². The van der Waals surface area contributed by atoms with Gasteiger partial charge in [0.15, 0.2) is 5.76 Å². The molecule has 27 heavy (non-hydrogen) atoms. The molecule has 0 aliphatic carbocycles. The summed E-state index contributed by atoms with van der Waals surface area (Å²) in [5.74, 6) is -0.300. The molecule has 0 atom stereocenters. The molecule has 3 N–H and O–H groups in total. The summed E-state index contributed by atoms with van der Waals surface area (Å²) in [6.07, 6.45) is 1.44. The fourth-order valence-corrected chi connectivity index (χ4v) is 2.74. The quantitative estimate of drug-likeness (QED) is 0.613. The van der Waals surface area contributed by atoms with Crippen LogP contribution in [0.5, 0.6) is 0 Å². The van der Waals surface area contributed by atoms with Crippen LogP contribution in [0.2, 0.25) is 0 Å². The van der Waals surface area contributed by atoms with Crippen molar-refractivity contribution in [3.63, 3.8) is 0 Å². The summed E-state index contributed by atoms with van der Waals surface area (Å²) >= 11 is 0. The second-order valence-corrected chi connectivity index (χ2v) is 6.29. The van der Waals surface area contributed by atoms with Crippen molar-refractivity contribution in [2.75, 3.05) is 22.5 Å². The van der Waals surface area contributed by atoms with Crippen LogP contribution < -0.4 is 16.0 Å². The van der Waals surface area contributed by atoms with Gasteiger partial charge in [0.2, 0.25) is 5.91 Å². The molecule has 0 saturated heterocycles. The van der Waals surface area contributed by atoms with Gasteiger partial charge in [0.05, 0.1) is 12.8 Å². The molecule has 0 spiro atoms. The van der Waals surface area contributed by atoms with Gasteiger partial charge in [-0.1, -0.05) is 12.1 Å². The van der Waals surface area contributed by atoms with Gasteiger partial charge in [0, 0.05) is 17.1 Å². The normalized spacial score (nSPS) is 10.3. The Labute approximate surface area is 157 Å². The van der Waals surface area contributed by atoms with Gasteiger partial charge in [-0.2, -0.15) is 0 Å². The number of carbonyl (C=O) groups is 2. The Morgan fingerprint density at radius 1 is 0.852 bits per heavy atom. The Bertz CT molecular complexity index is 929. The van der Waals surface area contributed by atoms with Crippen molar-refractivity contribution in [1.29, 1.82) is 0 Å². The largest absolute Gasteiger partial charge is 0.459 e. The number of hydrogen-bond acceptors (Lipinski definition) is 4. The van der Waals surface area contributed by atoms with Gasteiger partial charge in [-0.15, -0.1) is 0 Å². The maximum atomic E-state index is 12.2. The van der Waals surface area contributed by atoms with Crippen molar-refractivity contribution in [2.24, 2.45) is 0 Å². The Balaban J connectivity index is 1.57. The molecule has 6 heteroatoms. The minimum atomic E-state index is -0.347. The van der Waals surface area contributed by atoms with E-state index >= 15 is 0 Å². The summed E-state index contributed by atoms with van der Waals surface area (Å²) < 4.78 is 5.06. The molecule has 0 bridgehead atoms. The molecule has 0 unspecified atom stereocenters. The number of nitrogens with one attached hydrogen (secondary N) is 3. The molecule has 1 heterocycles. The summed E-state index contributed by atoms with van der Waals surface area (Å²) in [5, 5.41) is 8.66. The lowest BCUT2D eigenvalue weighted by Crippen LogP contribution is -2.22. The molecular formula is C21H21N3O3. The lowest BCUT2D eigenvalue weighted by molar-refractivity contribution is -0.114. The second kappa shape index (κ2) is 8.23. The molecule has 2 aromatic carbocycles. The third-order valence-corrected chi connectivity index (χ3v) is 3.82. The van der Waals surface area contributed by atoms with E-state index in [0.29, 0.717) is 11.4 Å². The second-order valence-electron chi connectivity index (χ2n) is 6.29. The molecule has 138 valence electrons. The first-order valence-electron chi connectivity index (χ1n) is 8.56. The number of rotatable bonds is 6. The van der Waals surface area contributed by atoms with Gasteiger partial charge in [-0.25, -0.2) is 0 Å². The highest BCUT2D eigenvalue weighted by Crippen LogP contribution is 2.17. The van der Waals surface area contributed by atoms with Crippen LogP contribution in [0.25, 0.3) is 0 Å². The minimum absolute atomic E-state index is 0.145. The van der Waals surface area contributed by atoms with E-state index in [9.17, 15) is 9.59 Å². The van der Waals surface area contributed by atoms with Gasteiger partial charge < -0.3 is 20.4 Å². The minimum Gasteiger partial charge on any atom is -0.459 e. The summed E-state index contributed by atoms with van der Waals surface area (Å²) in [6.45, 7) is 4.17. The summed E-state index contributed by atoms with van der Waals surface area (Å²) in [5.41, 5.74) is 4.34. The highest BCUT2D eigenvalue weighted by molar-refractivity contribution is 6.02. The van der Waals surface area contributed by atoms with E-state index in [0.717, 1.165) is 16.8 Å². The molecule has 0 radical (unpaired) electrons. The van der Waals surface area contributed by atoms with Crippen LogP contribution in [0.1, 0.15) is 21.7 Å². The van der Waals surface area contributed by atoms with Crippen LogP contribution in [-0.2, 0) is 4.79 Å². The fraction of sp³-hybridized carbons (Fsp3) is 0.143. The zero-order valence-corrected chi connectivity index (χ0v) is 15.2. The van der Waals surface area contributed by atoms with Crippen molar-refractivity contribution in [3.05, 3.63) is 77.7 Å². The first-order valence-corrected chi connectivity index (χ1v) is 8.56. The Kier molecular flexibility index (Phi) is 5.56. The lowest BCUT2D eigenvalue weighted by Gasteiger charge is -2.10. The number of hydrogen-bond donors (Lipinski definition) is 3. The molecule has 0 aliphatic heterocycles. The average molecular weight is 363 g/mol. The van der Waals surface area contributed by atoms with Gasteiger partial charge in [-0.3, -0.25) is 9.59 Å². The maximum absolute atomic E-state index is 12.2. The molecule has 0 fully saturated rings. The van der Waals surface area contributed by atoms with E-state index in [2.05, 4.69) is 22.0 Å². The molecule has 3 aromatic rings. The SMILES string of the molecule is Cc1cc(C)cc(NCC(=O)Nc2cccc(NC(=O)c3ccco3)c2)c1. The number of carbonyl (C=O) groups excluding carboxylic acids is 2. The van der Waals surface area contributed by atoms with E-state index in [-0.39, 0.29) is 24.1 Å². The van der Waals surface area contributed by atoms with Crippen molar-refractivity contribution >= 4 is 28.9 Å². The van der Waals surface area contributed by atoms with Gasteiger partial charge in [-0.05, 0) is 67.4 Å². The first-order chi connectivity index (χ1) is 13.0. The predicted molar refractivity (Wildman–Crippen MR) is 106 cm³/mol.